The van der Waals surface area contributed by atoms with Crippen molar-refractivity contribution in [3.8, 4) is 5.75 Å². The number of aromatic nitrogens is 3. The molecule has 0 radical (unpaired) electrons. The number of carbonyl (C=O) groups excluding carboxylic acids is 1. The topological polar surface area (TPSA) is 106 Å². The van der Waals surface area contributed by atoms with E-state index >= 15 is 0 Å². The molecule has 8 nitrogen and oxygen atoms in total. The maximum Gasteiger partial charge on any atom is 0.338 e. The van der Waals surface area contributed by atoms with Crippen LogP contribution in [0.3, 0.4) is 0 Å². The van der Waals surface area contributed by atoms with Gasteiger partial charge >= 0.3 is 5.97 Å². The minimum absolute atomic E-state index is 0.219. The molecule has 8 heteroatoms. The van der Waals surface area contributed by atoms with Crippen LogP contribution in [-0.2, 0) is 11.2 Å². The highest BCUT2D eigenvalue weighted by molar-refractivity contribution is 5.89. The van der Waals surface area contributed by atoms with Gasteiger partial charge in [0, 0.05) is 12.1 Å². The lowest BCUT2D eigenvalue weighted by molar-refractivity contribution is 0.0500. The molecule has 0 aliphatic heterocycles. The maximum absolute atomic E-state index is 12.3. The molecule has 156 valence electrons. The Morgan fingerprint density at radius 1 is 1.07 bits per heavy atom. The van der Waals surface area contributed by atoms with Gasteiger partial charge in [-0.2, -0.15) is 0 Å². The Morgan fingerprint density at radius 3 is 2.43 bits per heavy atom. The second kappa shape index (κ2) is 10.2. The Labute approximate surface area is 174 Å². The summed E-state index contributed by atoms with van der Waals surface area (Å²) in [6.07, 6.45) is 2.17. The van der Waals surface area contributed by atoms with E-state index in [1.165, 1.54) is 0 Å². The summed E-state index contributed by atoms with van der Waals surface area (Å²) in [5.41, 5.74) is 2.05. The zero-order chi connectivity index (χ0) is 21.3. The summed E-state index contributed by atoms with van der Waals surface area (Å²) in [5.74, 6) is 0.612. The number of unbranched alkanes of at least 4 members (excludes halogenated alkanes) is 1. The number of benzene rings is 2. The summed E-state index contributed by atoms with van der Waals surface area (Å²) in [6, 6.07) is 14.1. The van der Waals surface area contributed by atoms with Crippen molar-refractivity contribution in [2.45, 2.75) is 26.2 Å². The normalized spacial score (nSPS) is 10.5. The zero-order valence-electron chi connectivity index (χ0n) is 17.0. The van der Waals surface area contributed by atoms with E-state index in [2.05, 4.69) is 20.5 Å². The van der Waals surface area contributed by atoms with E-state index in [4.69, 9.17) is 9.47 Å². The van der Waals surface area contributed by atoms with Crippen molar-refractivity contribution in [2.24, 2.45) is 0 Å². The van der Waals surface area contributed by atoms with Crippen molar-refractivity contribution >= 4 is 17.6 Å². The summed E-state index contributed by atoms with van der Waals surface area (Å²) < 4.78 is 10.3. The Hall–Kier alpha value is -3.68. The first-order valence-electron chi connectivity index (χ1n) is 9.72. The van der Waals surface area contributed by atoms with Crippen molar-refractivity contribution in [1.82, 2.24) is 15.2 Å². The second-order valence-electron chi connectivity index (χ2n) is 6.67. The molecule has 0 fully saturated rings. The fourth-order valence-corrected chi connectivity index (χ4v) is 2.69. The highest BCUT2D eigenvalue weighted by atomic mass is 16.5. The van der Waals surface area contributed by atoms with Crippen molar-refractivity contribution in [1.29, 1.82) is 0 Å². The monoisotopic (exact) mass is 408 g/mol. The van der Waals surface area contributed by atoms with Gasteiger partial charge in [0.15, 0.2) is 0 Å². The van der Waals surface area contributed by atoms with Gasteiger partial charge in [0.2, 0.25) is 5.95 Å². The van der Waals surface area contributed by atoms with Crippen LogP contribution in [0.2, 0.25) is 0 Å². The molecule has 0 amide bonds. The van der Waals surface area contributed by atoms with Crippen LogP contribution in [0, 0.1) is 0 Å². The molecule has 0 bridgehead atoms. The van der Waals surface area contributed by atoms with Crippen molar-refractivity contribution in [3.63, 3.8) is 0 Å². The molecule has 0 unspecified atom stereocenters. The molecular weight excluding hydrogens is 384 g/mol. The largest absolute Gasteiger partial charge is 0.497 e. The van der Waals surface area contributed by atoms with Gasteiger partial charge in [-0.15, -0.1) is 10.2 Å². The van der Waals surface area contributed by atoms with Crippen LogP contribution >= 0.6 is 0 Å². The number of aromatic amines is 1. The number of rotatable bonds is 9. The number of hydrogen-bond donors (Lipinski definition) is 2. The Balaban J connectivity index is 1.62. The number of esters is 1. The van der Waals surface area contributed by atoms with Gasteiger partial charge in [0.05, 0.1) is 19.3 Å². The summed E-state index contributed by atoms with van der Waals surface area (Å²) in [4.78, 5) is 27.0. The SMILES string of the molecule is CCCCOC(=O)c1ccc(Nc2nnc(Cc3ccc(OC)cc3)c(=O)[nH]2)cc1. The minimum Gasteiger partial charge on any atom is -0.497 e. The third-order valence-electron chi connectivity index (χ3n) is 4.41. The van der Waals surface area contributed by atoms with Crippen molar-refractivity contribution in [2.75, 3.05) is 19.0 Å². The number of anilines is 2. The second-order valence-corrected chi connectivity index (χ2v) is 6.67. The third-order valence-corrected chi connectivity index (χ3v) is 4.41. The third kappa shape index (κ3) is 5.66. The average Bonchev–Trinajstić information content (AvgIpc) is 2.77. The molecule has 0 saturated heterocycles. The fourth-order valence-electron chi connectivity index (χ4n) is 2.69. The van der Waals surface area contributed by atoms with Crippen LogP contribution in [0.5, 0.6) is 5.75 Å². The molecule has 0 aliphatic carbocycles. The quantitative estimate of drug-likeness (QED) is 0.412. The molecular formula is C22H24N4O4. The summed E-state index contributed by atoms with van der Waals surface area (Å²) in [7, 11) is 1.60. The van der Waals surface area contributed by atoms with E-state index in [1.54, 1.807) is 31.4 Å². The molecule has 0 saturated carbocycles. The Kier molecular flexibility index (Phi) is 7.15. The fraction of sp³-hybridized carbons (Fsp3) is 0.273. The number of hydrogen-bond acceptors (Lipinski definition) is 7. The first kappa shape index (κ1) is 21.0. The van der Waals surface area contributed by atoms with Gasteiger partial charge in [-0.1, -0.05) is 25.5 Å². The number of nitrogens with one attached hydrogen (secondary N) is 2. The lowest BCUT2D eigenvalue weighted by Crippen LogP contribution is -2.18. The standard InChI is InChI=1S/C22H24N4O4/c1-3-4-13-30-21(28)16-7-9-17(10-8-16)23-22-24-20(27)19(25-26-22)14-15-5-11-18(29-2)12-6-15/h5-12H,3-4,13-14H2,1-2H3,(H2,23,24,26,27). The van der Waals surface area contributed by atoms with Crippen LogP contribution in [0.4, 0.5) is 11.6 Å². The van der Waals surface area contributed by atoms with E-state index in [-0.39, 0.29) is 17.5 Å². The number of ether oxygens (including phenoxy) is 2. The predicted molar refractivity (Wildman–Crippen MR) is 113 cm³/mol. The van der Waals surface area contributed by atoms with Gasteiger partial charge < -0.3 is 14.8 Å². The van der Waals surface area contributed by atoms with Gasteiger partial charge in [0.25, 0.3) is 5.56 Å². The Bertz CT molecular complexity index is 1030. The van der Waals surface area contributed by atoms with Gasteiger partial charge in [0.1, 0.15) is 11.4 Å². The molecule has 0 atom stereocenters. The smallest absolute Gasteiger partial charge is 0.338 e. The van der Waals surface area contributed by atoms with Crippen LogP contribution in [0.1, 0.15) is 41.4 Å². The molecule has 0 spiro atoms. The van der Waals surface area contributed by atoms with E-state index in [0.717, 1.165) is 24.2 Å². The molecule has 1 aromatic heterocycles. The maximum atomic E-state index is 12.3. The zero-order valence-corrected chi connectivity index (χ0v) is 17.0. The van der Waals surface area contributed by atoms with Crippen LogP contribution < -0.4 is 15.6 Å². The highest BCUT2D eigenvalue weighted by Crippen LogP contribution is 2.15. The number of methoxy groups -OCH3 is 1. The van der Waals surface area contributed by atoms with Crippen LogP contribution in [0.15, 0.2) is 53.3 Å². The number of nitrogens with zero attached hydrogens (tertiary/aromatic N) is 2. The van der Waals surface area contributed by atoms with Crippen LogP contribution in [0.25, 0.3) is 0 Å². The van der Waals surface area contributed by atoms with Crippen molar-refractivity contribution < 1.29 is 14.3 Å². The van der Waals surface area contributed by atoms with Gasteiger partial charge in [-0.05, 0) is 48.4 Å². The minimum atomic E-state index is -0.355. The molecule has 30 heavy (non-hydrogen) atoms. The Morgan fingerprint density at radius 2 is 1.80 bits per heavy atom. The van der Waals surface area contributed by atoms with E-state index < -0.39 is 0 Å². The van der Waals surface area contributed by atoms with E-state index in [0.29, 0.717) is 30.0 Å². The molecule has 1 heterocycles. The van der Waals surface area contributed by atoms with E-state index in [9.17, 15) is 9.59 Å². The molecule has 0 aliphatic rings. The summed E-state index contributed by atoms with van der Waals surface area (Å²) >= 11 is 0. The highest BCUT2D eigenvalue weighted by Gasteiger charge is 2.09. The molecule has 3 rings (SSSR count). The number of carbonyl (C=O) groups is 1. The molecule has 2 aromatic carbocycles. The van der Waals surface area contributed by atoms with Crippen LogP contribution in [-0.4, -0.2) is 34.9 Å². The first-order valence-corrected chi connectivity index (χ1v) is 9.72. The van der Waals surface area contributed by atoms with Gasteiger partial charge in [-0.25, -0.2) is 4.79 Å². The van der Waals surface area contributed by atoms with Crippen molar-refractivity contribution in [3.05, 3.63) is 75.7 Å². The van der Waals surface area contributed by atoms with E-state index in [1.807, 2.05) is 31.2 Å². The predicted octanol–water partition coefficient (Wildman–Crippen LogP) is 3.46. The average molecular weight is 408 g/mol. The lowest BCUT2D eigenvalue weighted by atomic mass is 10.1. The lowest BCUT2D eigenvalue weighted by Gasteiger charge is -2.07. The summed E-state index contributed by atoms with van der Waals surface area (Å²) in [6.45, 7) is 2.45. The molecule has 2 N–H and O–H groups in total. The molecule has 3 aromatic rings. The summed E-state index contributed by atoms with van der Waals surface area (Å²) in [5, 5.41) is 11.0. The van der Waals surface area contributed by atoms with Gasteiger partial charge in [-0.3, -0.25) is 9.78 Å². The first-order chi connectivity index (χ1) is 14.6. The number of H-pyrrole nitrogens is 1.